The second kappa shape index (κ2) is 9.54. The Hall–Kier alpha value is -2.61. The largest absolute Gasteiger partial charge is 0.478 e. The number of anilines is 2. The number of carboxylic acids is 1. The van der Waals surface area contributed by atoms with E-state index in [-0.39, 0.29) is 16.1 Å². The molecule has 0 aliphatic heterocycles. The summed E-state index contributed by atoms with van der Waals surface area (Å²) in [6.07, 6.45) is 3.77. The van der Waals surface area contributed by atoms with Crippen molar-refractivity contribution in [3.8, 4) is 0 Å². The standard InChI is InChI=1S/C20H27N3O4S/c1-4-11-23(12-5-2)19-18(13-16(14-21-19)20(24)25)22-28(26,27)17-9-7-15(6-3)8-10-17/h7-10,13-14,22H,4-6,11-12H2,1-3H3,(H,24,25). The highest BCUT2D eigenvalue weighted by Crippen LogP contribution is 2.28. The van der Waals surface area contributed by atoms with Gasteiger partial charge in [-0.05, 0) is 43.0 Å². The first-order valence-electron chi connectivity index (χ1n) is 9.42. The fraction of sp³-hybridized carbons (Fsp3) is 0.400. The Morgan fingerprint density at radius 3 is 2.21 bits per heavy atom. The molecule has 0 radical (unpaired) electrons. The van der Waals surface area contributed by atoms with E-state index in [0.717, 1.165) is 24.8 Å². The van der Waals surface area contributed by atoms with Crippen molar-refractivity contribution in [2.75, 3.05) is 22.7 Å². The smallest absolute Gasteiger partial charge is 0.337 e. The molecule has 0 fully saturated rings. The molecule has 0 amide bonds. The summed E-state index contributed by atoms with van der Waals surface area (Å²) in [5.74, 6) is -0.730. The highest BCUT2D eigenvalue weighted by molar-refractivity contribution is 7.92. The number of carbonyl (C=O) groups is 1. The summed E-state index contributed by atoms with van der Waals surface area (Å²) < 4.78 is 28.3. The van der Waals surface area contributed by atoms with Crippen molar-refractivity contribution in [3.05, 3.63) is 47.7 Å². The number of carboxylic acid groups (broad SMARTS) is 1. The summed E-state index contributed by atoms with van der Waals surface area (Å²) in [7, 11) is -3.88. The predicted molar refractivity (Wildman–Crippen MR) is 111 cm³/mol. The molecule has 0 aliphatic carbocycles. The van der Waals surface area contributed by atoms with Gasteiger partial charge in [0.1, 0.15) is 0 Å². The SMILES string of the molecule is CCCN(CCC)c1ncc(C(=O)O)cc1NS(=O)(=O)c1ccc(CC)cc1. The zero-order valence-corrected chi connectivity index (χ0v) is 17.3. The fourth-order valence-corrected chi connectivity index (χ4v) is 3.93. The molecule has 0 unspecified atom stereocenters. The van der Waals surface area contributed by atoms with Crippen molar-refractivity contribution in [3.63, 3.8) is 0 Å². The third-order valence-corrected chi connectivity index (χ3v) is 5.67. The van der Waals surface area contributed by atoms with E-state index in [1.807, 2.05) is 25.7 Å². The van der Waals surface area contributed by atoms with Crippen LogP contribution < -0.4 is 9.62 Å². The zero-order valence-electron chi connectivity index (χ0n) is 16.5. The molecule has 28 heavy (non-hydrogen) atoms. The highest BCUT2D eigenvalue weighted by Gasteiger charge is 2.21. The number of nitrogens with zero attached hydrogens (tertiary/aromatic N) is 2. The molecule has 7 nitrogen and oxygen atoms in total. The number of hydrogen-bond acceptors (Lipinski definition) is 5. The van der Waals surface area contributed by atoms with Crippen molar-refractivity contribution in [1.82, 2.24) is 4.98 Å². The molecule has 1 aromatic heterocycles. The van der Waals surface area contributed by atoms with Gasteiger partial charge >= 0.3 is 5.97 Å². The summed E-state index contributed by atoms with van der Waals surface area (Å²) in [6, 6.07) is 7.95. The predicted octanol–water partition coefficient (Wildman–Crippen LogP) is 3.77. The summed E-state index contributed by atoms with van der Waals surface area (Å²) in [4.78, 5) is 17.7. The van der Waals surface area contributed by atoms with Crippen LogP contribution in [0.3, 0.4) is 0 Å². The Bertz CT molecular complexity index is 906. The van der Waals surface area contributed by atoms with E-state index in [1.54, 1.807) is 24.3 Å². The van der Waals surface area contributed by atoms with Gasteiger partial charge in [-0.3, -0.25) is 4.72 Å². The van der Waals surface area contributed by atoms with Crippen LogP contribution in [0.5, 0.6) is 0 Å². The van der Waals surface area contributed by atoms with Gasteiger partial charge < -0.3 is 10.0 Å². The zero-order chi connectivity index (χ0) is 20.7. The van der Waals surface area contributed by atoms with Gasteiger partial charge in [-0.15, -0.1) is 0 Å². The van der Waals surface area contributed by atoms with Crippen molar-refractivity contribution >= 4 is 27.5 Å². The molecular formula is C20H27N3O4S. The van der Waals surface area contributed by atoms with E-state index in [0.29, 0.717) is 18.9 Å². The summed E-state index contributed by atoms with van der Waals surface area (Å²) in [5, 5.41) is 9.29. The van der Waals surface area contributed by atoms with Crippen LogP contribution >= 0.6 is 0 Å². The van der Waals surface area contributed by atoms with Gasteiger partial charge in [0, 0.05) is 19.3 Å². The third kappa shape index (κ3) is 5.22. The number of aromatic carboxylic acids is 1. The third-order valence-electron chi connectivity index (χ3n) is 4.29. The van der Waals surface area contributed by atoms with Crippen LogP contribution in [0.15, 0.2) is 41.4 Å². The molecule has 2 N–H and O–H groups in total. The average molecular weight is 406 g/mol. The van der Waals surface area contributed by atoms with Crippen molar-refractivity contribution < 1.29 is 18.3 Å². The van der Waals surface area contributed by atoms with Gasteiger partial charge in [0.15, 0.2) is 5.82 Å². The minimum atomic E-state index is -3.88. The van der Waals surface area contributed by atoms with E-state index >= 15 is 0 Å². The van der Waals surface area contributed by atoms with E-state index < -0.39 is 16.0 Å². The molecular weight excluding hydrogens is 378 g/mol. The van der Waals surface area contributed by atoms with Crippen LogP contribution in [0.25, 0.3) is 0 Å². The topological polar surface area (TPSA) is 99.6 Å². The lowest BCUT2D eigenvalue weighted by atomic mass is 10.2. The van der Waals surface area contributed by atoms with E-state index in [1.165, 1.54) is 12.3 Å². The minimum absolute atomic E-state index is 0.0734. The molecule has 2 rings (SSSR count). The van der Waals surface area contributed by atoms with Crippen LogP contribution in [-0.2, 0) is 16.4 Å². The second-order valence-electron chi connectivity index (χ2n) is 6.49. The van der Waals surface area contributed by atoms with Gasteiger partial charge in [0.2, 0.25) is 0 Å². The minimum Gasteiger partial charge on any atom is -0.478 e. The number of nitrogens with one attached hydrogen (secondary N) is 1. The first kappa shape index (κ1) is 21.7. The number of hydrogen-bond donors (Lipinski definition) is 2. The Morgan fingerprint density at radius 2 is 1.71 bits per heavy atom. The van der Waals surface area contributed by atoms with Crippen molar-refractivity contribution in [1.29, 1.82) is 0 Å². The van der Waals surface area contributed by atoms with Gasteiger partial charge in [-0.1, -0.05) is 32.9 Å². The number of sulfonamides is 1. The van der Waals surface area contributed by atoms with Crippen LogP contribution in [0.1, 0.15) is 49.5 Å². The Kier molecular flexibility index (Phi) is 7.39. The maximum absolute atomic E-state index is 12.9. The fourth-order valence-electron chi connectivity index (χ4n) is 2.87. The van der Waals surface area contributed by atoms with E-state index in [9.17, 15) is 18.3 Å². The number of aromatic nitrogens is 1. The van der Waals surface area contributed by atoms with Gasteiger partial charge in [-0.25, -0.2) is 18.2 Å². The Labute approximate surface area is 166 Å². The number of rotatable bonds is 10. The quantitative estimate of drug-likeness (QED) is 0.624. The van der Waals surface area contributed by atoms with Crippen LogP contribution in [0.2, 0.25) is 0 Å². The number of aryl methyl sites for hydroxylation is 1. The maximum atomic E-state index is 12.9. The van der Waals surface area contributed by atoms with E-state index in [4.69, 9.17) is 0 Å². The van der Waals surface area contributed by atoms with Crippen LogP contribution in [0.4, 0.5) is 11.5 Å². The summed E-state index contributed by atoms with van der Waals surface area (Å²) in [6.45, 7) is 7.41. The molecule has 1 heterocycles. The summed E-state index contributed by atoms with van der Waals surface area (Å²) >= 11 is 0. The highest BCUT2D eigenvalue weighted by atomic mass is 32.2. The molecule has 0 bridgehead atoms. The molecule has 1 aromatic carbocycles. The Balaban J connectivity index is 2.47. The van der Waals surface area contributed by atoms with Crippen molar-refractivity contribution in [2.24, 2.45) is 0 Å². The normalized spacial score (nSPS) is 11.2. The molecule has 0 atom stereocenters. The van der Waals surface area contributed by atoms with Crippen molar-refractivity contribution in [2.45, 2.75) is 44.9 Å². The molecule has 0 aliphatic rings. The average Bonchev–Trinajstić information content (AvgIpc) is 2.67. The number of benzene rings is 1. The molecule has 2 aromatic rings. The maximum Gasteiger partial charge on any atom is 0.337 e. The molecule has 0 spiro atoms. The molecule has 152 valence electrons. The first-order chi connectivity index (χ1) is 13.3. The second-order valence-corrected chi connectivity index (χ2v) is 8.17. The van der Waals surface area contributed by atoms with Crippen LogP contribution in [-0.4, -0.2) is 37.6 Å². The monoisotopic (exact) mass is 405 g/mol. The first-order valence-corrected chi connectivity index (χ1v) is 10.9. The summed E-state index contributed by atoms with van der Waals surface area (Å²) in [5.41, 5.74) is 1.13. The van der Waals surface area contributed by atoms with Gasteiger partial charge in [0.05, 0.1) is 16.1 Å². The van der Waals surface area contributed by atoms with E-state index in [2.05, 4.69) is 9.71 Å². The van der Waals surface area contributed by atoms with Gasteiger partial charge in [0.25, 0.3) is 10.0 Å². The molecule has 8 heteroatoms. The number of pyridine rings is 1. The van der Waals surface area contributed by atoms with Gasteiger partial charge in [-0.2, -0.15) is 0 Å². The molecule has 0 saturated carbocycles. The lowest BCUT2D eigenvalue weighted by molar-refractivity contribution is 0.0696. The molecule has 0 saturated heterocycles. The Morgan fingerprint density at radius 1 is 1.11 bits per heavy atom. The lowest BCUT2D eigenvalue weighted by Gasteiger charge is -2.25. The lowest BCUT2D eigenvalue weighted by Crippen LogP contribution is -2.28. The van der Waals surface area contributed by atoms with Crippen LogP contribution in [0, 0.1) is 0 Å².